The van der Waals surface area contributed by atoms with Crippen molar-refractivity contribution in [2.24, 2.45) is 0 Å². The van der Waals surface area contributed by atoms with Crippen LogP contribution < -0.4 is 5.32 Å². The topological polar surface area (TPSA) is 114 Å². The Morgan fingerprint density at radius 1 is 1.43 bits per heavy atom. The highest BCUT2D eigenvalue weighted by molar-refractivity contribution is 5.94. The summed E-state index contributed by atoms with van der Waals surface area (Å²) in [5.41, 5.74) is 0.453. The molecule has 3 aromatic rings. The van der Waals surface area contributed by atoms with Crippen molar-refractivity contribution in [1.29, 1.82) is 0 Å². The molecular formula is C12H12N8O. The number of carbonyl (C=O) groups excluding carboxylic acids is 1. The third-order valence-corrected chi connectivity index (χ3v) is 2.88. The maximum absolute atomic E-state index is 12.1. The summed E-state index contributed by atoms with van der Waals surface area (Å²) in [6.07, 6.45) is 6.59. The fraction of sp³-hybridized carbons (Fsp3) is 0.167. The maximum atomic E-state index is 12.1. The molecule has 21 heavy (non-hydrogen) atoms. The van der Waals surface area contributed by atoms with Crippen LogP contribution in [0, 0.1) is 0 Å². The molecule has 0 saturated carbocycles. The quantitative estimate of drug-likeness (QED) is 0.710. The Kier molecular flexibility index (Phi) is 3.37. The number of nitrogens with one attached hydrogen (secondary N) is 2. The zero-order valence-electron chi connectivity index (χ0n) is 11.1. The summed E-state index contributed by atoms with van der Waals surface area (Å²) in [6.45, 7) is 1.77. The molecule has 0 aliphatic rings. The summed E-state index contributed by atoms with van der Waals surface area (Å²) in [5.74, 6) is 0.860. The van der Waals surface area contributed by atoms with Crippen molar-refractivity contribution in [1.82, 2.24) is 40.5 Å². The van der Waals surface area contributed by atoms with Gasteiger partial charge >= 0.3 is 0 Å². The lowest BCUT2D eigenvalue weighted by molar-refractivity contribution is 0.0938. The minimum absolute atomic E-state index is 0.253. The Balaban J connectivity index is 1.70. The van der Waals surface area contributed by atoms with Gasteiger partial charge in [0, 0.05) is 18.6 Å². The molecule has 106 valence electrons. The molecule has 1 unspecified atom stereocenters. The molecule has 0 bridgehead atoms. The van der Waals surface area contributed by atoms with Crippen molar-refractivity contribution < 1.29 is 4.79 Å². The standard InChI is InChI=1S/C12H12N8O/c1-8(11-16-18-19-17-11)15-12(21)9-2-3-10(14-6-9)20-5-4-13-7-20/h2-8H,1H3,(H,15,21)(H,16,17,18,19). The number of pyridine rings is 1. The number of hydrogen-bond donors (Lipinski definition) is 2. The second-order valence-electron chi connectivity index (χ2n) is 4.34. The SMILES string of the molecule is CC(NC(=O)c1ccc(-n2ccnc2)nc1)c1nn[nH]n1. The van der Waals surface area contributed by atoms with Gasteiger partial charge in [0.2, 0.25) is 0 Å². The largest absolute Gasteiger partial charge is 0.342 e. The normalized spacial score (nSPS) is 12.0. The lowest BCUT2D eigenvalue weighted by Crippen LogP contribution is -2.27. The molecule has 2 N–H and O–H groups in total. The molecule has 1 amide bonds. The van der Waals surface area contributed by atoms with Gasteiger partial charge in [-0.3, -0.25) is 9.36 Å². The van der Waals surface area contributed by atoms with Crippen LogP contribution in [-0.4, -0.2) is 41.1 Å². The first kappa shape index (κ1) is 12.9. The second kappa shape index (κ2) is 5.49. The van der Waals surface area contributed by atoms with E-state index in [4.69, 9.17) is 0 Å². The molecule has 3 aromatic heterocycles. The van der Waals surface area contributed by atoms with Crippen LogP contribution in [0.15, 0.2) is 37.1 Å². The van der Waals surface area contributed by atoms with Gasteiger partial charge in [0.1, 0.15) is 12.1 Å². The minimum atomic E-state index is -0.343. The zero-order valence-corrected chi connectivity index (χ0v) is 11.1. The molecule has 3 rings (SSSR count). The molecular weight excluding hydrogens is 272 g/mol. The van der Waals surface area contributed by atoms with E-state index < -0.39 is 0 Å². The third-order valence-electron chi connectivity index (χ3n) is 2.88. The molecule has 0 radical (unpaired) electrons. The van der Waals surface area contributed by atoms with E-state index in [2.05, 4.69) is 35.9 Å². The molecule has 9 heteroatoms. The predicted molar refractivity (Wildman–Crippen MR) is 71.4 cm³/mol. The molecule has 0 fully saturated rings. The number of nitrogens with zero attached hydrogens (tertiary/aromatic N) is 6. The van der Waals surface area contributed by atoms with Crippen LogP contribution in [0.5, 0.6) is 0 Å². The number of rotatable bonds is 4. The first-order valence-corrected chi connectivity index (χ1v) is 6.22. The monoisotopic (exact) mass is 284 g/mol. The molecule has 0 saturated heterocycles. The zero-order chi connectivity index (χ0) is 14.7. The first-order valence-electron chi connectivity index (χ1n) is 6.22. The number of H-pyrrole nitrogens is 1. The number of amides is 1. The summed E-state index contributed by atoms with van der Waals surface area (Å²) >= 11 is 0. The highest BCUT2D eigenvalue weighted by atomic mass is 16.1. The Morgan fingerprint density at radius 3 is 2.95 bits per heavy atom. The number of carbonyl (C=O) groups is 1. The molecule has 1 atom stereocenters. The van der Waals surface area contributed by atoms with Crippen LogP contribution in [0.3, 0.4) is 0 Å². The van der Waals surface area contributed by atoms with Crippen molar-refractivity contribution in [3.05, 3.63) is 48.4 Å². The van der Waals surface area contributed by atoms with Crippen LogP contribution in [-0.2, 0) is 0 Å². The first-order chi connectivity index (χ1) is 10.2. The van der Waals surface area contributed by atoms with E-state index in [1.54, 1.807) is 42.3 Å². The number of hydrogen-bond acceptors (Lipinski definition) is 6. The van der Waals surface area contributed by atoms with E-state index in [1.807, 2.05) is 0 Å². The molecule has 0 aliphatic carbocycles. The number of imidazole rings is 1. The van der Waals surface area contributed by atoms with E-state index in [0.717, 1.165) is 0 Å². The average Bonchev–Trinajstić information content (AvgIpc) is 3.20. The number of aromatic amines is 1. The molecule has 0 aromatic carbocycles. The second-order valence-corrected chi connectivity index (χ2v) is 4.34. The van der Waals surface area contributed by atoms with Crippen LogP contribution >= 0.6 is 0 Å². The van der Waals surface area contributed by atoms with Gasteiger partial charge in [-0.05, 0) is 19.1 Å². The van der Waals surface area contributed by atoms with Crippen molar-refractivity contribution >= 4 is 5.91 Å². The molecule has 3 heterocycles. The Labute approximate surface area is 119 Å². The average molecular weight is 284 g/mol. The maximum Gasteiger partial charge on any atom is 0.253 e. The third kappa shape index (κ3) is 2.76. The van der Waals surface area contributed by atoms with Gasteiger partial charge in [0.05, 0.1) is 11.6 Å². The predicted octanol–water partition coefficient (Wildman–Crippen LogP) is 0.271. The van der Waals surface area contributed by atoms with Crippen molar-refractivity contribution in [2.75, 3.05) is 0 Å². The van der Waals surface area contributed by atoms with Crippen molar-refractivity contribution in [3.8, 4) is 5.82 Å². The fourth-order valence-electron chi connectivity index (χ4n) is 1.77. The molecule has 0 spiro atoms. The summed E-state index contributed by atoms with van der Waals surface area (Å²) in [4.78, 5) is 20.3. The van der Waals surface area contributed by atoms with E-state index in [1.165, 1.54) is 6.20 Å². The number of aromatic nitrogens is 7. The van der Waals surface area contributed by atoms with Crippen LogP contribution in [0.1, 0.15) is 29.1 Å². The van der Waals surface area contributed by atoms with E-state index in [9.17, 15) is 4.79 Å². The van der Waals surface area contributed by atoms with Gasteiger partial charge in [-0.25, -0.2) is 9.97 Å². The Bertz CT molecular complexity index is 704. The van der Waals surface area contributed by atoms with Crippen molar-refractivity contribution in [3.63, 3.8) is 0 Å². The van der Waals surface area contributed by atoms with Crippen molar-refractivity contribution in [2.45, 2.75) is 13.0 Å². The van der Waals surface area contributed by atoms with Gasteiger partial charge in [0.25, 0.3) is 5.91 Å². The van der Waals surface area contributed by atoms with Crippen LogP contribution in [0.2, 0.25) is 0 Å². The lowest BCUT2D eigenvalue weighted by atomic mass is 10.2. The summed E-state index contributed by atoms with van der Waals surface area (Å²) in [7, 11) is 0. The van der Waals surface area contributed by atoms with E-state index in [-0.39, 0.29) is 11.9 Å². The van der Waals surface area contributed by atoms with E-state index in [0.29, 0.717) is 17.2 Å². The lowest BCUT2D eigenvalue weighted by Gasteiger charge is -2.10. The highest BCUT2D eigenvalue weighted by Gasteiger charge is 2.15. The van der Waals surface area contributed by atoms with Gasteiger partial charge in [-0.1, -0.05) is 5.21 Å². The Morgan fingerprint density at radius 2 is 2.33 bits per heavy atom. The highest BCUT2D eigenvalue weighted by Crippen LogP contribution is 2.08. The molecule has 9 nitrogen and oxygen atoms in total. The van der Waals surface area contributed by atoms with Gasteiger partial charge in [-0.2, -0.15) is 5.21 Å². The summed E-state index contributed by atoms with van der Waals surface area (Å²) in [5, 5.41) is 16.2. The fourth-order valence-corrected chi connectivity index (χ4v) is 1.77. The Hall–Kier alpha value is -3.10. The van der Waals surface area contributed by atoms with Gasteiger partial charge in [-0.15, -0.1) is 10.2 Å². The van der Waals surface area contributed by atoms with Gasteiger partial charge < -0.3 is 5.32 Å². The summed E-state index contributed by atoms with van der Waals surface area (Å²) in [6, 6.07) is 3.10. The van der Waals surface area contributed by atoms with E-state index >= 15 is 0 Å². The van der Waals surface area contributed by atoms with Crippen LogP contribution in [0.4, 0.5) is 0 Å². The molecule has 0 aliphatic heterocycles. The smallest absolute Gasteiger partial charge is 0.253 e. The van der Waals surface area contributed by atoms with Crippen LogP contribution in [0.25, 0.3) is 5.82 Å². The summed E-state index contributed by atoms with van der Waals surface area (Å²) < 4.78 is 1.75. The minimum Gasteiger partial charge on any atom is -0.342 e. The van der Waals surface area contributed by atoms with Gasteiger partial charge in [0.15, 0.2) is 5.82 Å². The number of tetrazole rings is 1.